The van der Waals surface area contributed by atoms with E-state index in [2.05, 4.69) is 4.89 Å². The molecular weight excluding hydrogens is 264 g/mol. The molecule has 0 aromatic heterocycles. The Morgan fingerprint density at radius 2 is 1.95 bits per heavy atom. The van der Waals surface area contributed by atoms with Crippen molar-refractivity contribution in [1.29, 1.82) is 0 Å². The van der Waals surface area contributed by atoms with Gasteiger partial charge in [-0.3, -0.25) is 4.89 Å². The van der Waals surface area contributed by atoms with Gasteiger partial charge >= 0.3 is 5.97 Å². The first-order valence-corrected chi connectivity index (χ1v) is 6.26. The zero-order valence-corrected chi connectivity index (χ0v) is 10.9. The molecule has 4 heteroatoms. The van der Waals surface area contributed by atoms with Crippen LogP contribution >= 0.6 is 11.6 Å². The van der Waals surface area contributed by atoms with E-state index in [1.54, 1.807) is 0 Å². The predicted molar refractivity (Wildman–Crippen MR) is 72.2 cm³/mol. The van der Waals surface area contributed by atoms with Gasteiger partial charge in [0.15, 0.2) is 0 Å². The minimum absolute atomic E-state index is 0.599. The van der Waals surface area contributed by atoms with Crippen LogP contribution in [0.15, 0.2) is 36.4 Å². The van der Waals surface area contributed by atoms with Crippen LogP contribution < -0.4 is 0 Å². The van der Waals surface area contributed by atoms with Crippen molar-refractivity contribution in [2.24, 2.45) is 0 Å². The number of halogens is 1. The molecule has 0 heterocycles. The molecule has 0 radical (unpaired) electrons. The standard InChI is InChI=1S/C15H11ClO3/c1-8-12(16)7-6-11-9-4-2-3-5-10(9)14(13(8)11)15(17)19-18/h2-7,14,18H,1H3. The predicted octanol–water partition coefficient (Wildman–Crippen LogP) is 3.78. The second kappa shape index (κ2) is 4.37. The molecule has 0 fully saturated rings. The number of rotatable bonds is 1. The second-order valence-electron chi connectivity index (χ2n) is 4.56. The number of hydrogen-bond donors (Lipinski definition) is 1. The van der Waals surface area contributed by atoms with Crippen LogP contribution in [0.3, 0.4) is 0 Å². The topological polar surface area (TPSA) is 46.5 Å². The Kier molecular flexibility index (Phi) is 2.81. The lowest BCUT2D eigenvalue weighted by molar-refractivity contribution is -0.235. The molecule has 0 saturated heterocycles. The van der Waals surface area contributed by atoms with Crippen molar-refractivity contribution < 1.29 is 14.9 Å². The quantitative estimate of drug-likeness (QED) is 0.636. The van der Waals surface area contributed by atoms with Crippen molar-refractivity contribution in [2.45, 2.75) is 12.8 Å². The highest BCUT2D eigenvalue weighted by molar-refractivity contribution is 6.31. The van der Waals surface area contributed by atoms with Crippen LogP contribution in [0, 0.1) is 6.92 Å². The van der Waals surface area contributed by atoms with Gasteiger partial charge in [-0.15, -0.1) is 0 Å². The Morgan fingerprint density at radius 3 is 2.68 bits per heavy atom. The second-order valence-corrected chi connectivity index (χ2v) is 4.97. The largest absolute Gasteiger partial charge is 0.353 e. The lowest BCUT2D eigenvalue weighted by atomic mass is 9.94. The molecule has 0 amide bonds. The summed E-state index contributed by atoms with van der Waals surface area (Å²) >= 11 is 6.13. The van der Waals surface area contributed by atoms with E-state index in [4.69, 9.17) is 16.9 Å². The summed E-state index contributed by atoms with van der Waals surface area (Å²) in [5, 5.41) is 9.32. The van der Waals surface area contributed by atoms with Crippen LogP contribution in [0.2, 0.25) is 5.02 Å². The Balaban J connectivity index is 2.34. The number of hydrogen-bond acceptors (Lipinski definition) is 3. The van der Waals surface area contributed by atoms with Crippen LogP contribution in [0.1, 0.15) is 22.6 Å². The number of carbonyl (C=O) groups is 1. The van der Waals surface area contributed by atoms with Gasteiger partial charge in [0.05, 0.1) is 0 Å². The van der Waals surface area contributed by atoms with Crippen molar-refractivity contribution in [1.82, 2.24) is 0 Å². The Hall–Kier alpha value is -1.84. The molecule has 2 aromatic carbocycles. The molecule has 1 aliphatic carbocycles. The lowest BCUT2D eigenvalue weighted by Gasteiger charge is -2.12. The molecule has 0 saturated carbocycles. The Labute approximate surface area is 115 Å². The first kappa shape index (κ1) is 12.2. The molecule has 1 aliphatic rings. The van der Waals surface area contributed by atoms with Gasteiger partial charge in [0.2, 0.25) is 0 Å². The molecule has 1 unspecified atom stereocenters. The normalized spacial score (nSPS) is 15.8. The number of fused-ring (bicyclic) bond motifs is 3. The molecule has 19 heavy (non-hydrogen) atoms. The average Bonchev–Trinajstić information content (AvgIpc) is 2.77. The van der Waals surface area contributed by atoms with Crippen molar-refractivity contribution in [3.8, 4) is 11.1 Å². The monoisotopic (exact) mass is 274 g/mol. The van der Waals surface area contributed by atoms with E-state index in [0.29, 0.717) is 5.02 Å². The van der Waals surface area contributed by atoms with E-state index in [9.17, 15) is 4.79 Å². The van der Waals surface area contributed by atoms with Crippen LogP contribution in [0.25, 0.3) is 11.1 Å². The minimum atomic E-state index is -0.684. The molecule has 96 valence electrons. The SMILES string of the molecule is Cc1c(Cl)ccc2c1C(C(=O)OO)c1ccccc1-2. The first-order valence-electron chi connectivity index (χ1n) is 5.88. The molecule has 0 spiro atoms. The Morgan fingerprint density at radius 1 is 1.21 bits per heavy atom. The summed E-state index contributed by atoms with van der Waals surface area (Å²) in [5.74, 6) is -1.30. The van der Waals surface area contributed by atoms with Crippen LogP contribution in [0.5, 0.6) is 0 Å². The van der Waals surface area contributed by atoms with Gasteiger partial charge < -0.3 is 0 Å². The number of carbonyl (C=O) groups excluding carboxylic acids is 1. The molecule has 0 bridgehead atoms. The van der Waals surface area contributed by atoms with E-state index in [1.165, 1.54) is 0 Å². The maximum atomic E-state index is 11.9. The number of benzene rings is 2. The fourth-order valence-corrected chi connectivity index (χ4v) is 2.92. The van der Waals surface area contributed by atoms with Gasteiger partial charge in [0, 0.05) is 5.02 Å². The maximum Gasteiger partial charge on any atom is 0.353 e. The average molecular weight is 275 g/mol. The van der Waals surface area contributed by atoms with Crippen LogP contribution in [-0.4, -0.2) is 11.2 Å². The van der Waals surface area contributed by atoms with Crippen LogP contribution in [-0.2, 0) is 9.68 Å². The summed E-state index contributed by atoms with van der Waals surface area (Å²) in [6.07, 6.45) is 0. The van der Waals surface area contributed by atoms with Crippen LogP contribution in [0.4, 0.5) is 0 Å². The van der Waals surface area contributed by atoms with Crippen molar-refractivity contribution in [2.75, 3.05) is 0 Å². The van der Waals surface area contributed by atoms with E-state index >= 15 is 0 Å². The maximum absolute atomic E-state index is 11.9. The van der Waals surface area contributed by atoms with Gasteiger partial charge in [-0.25, -0.2) is 4.79 Å². The van der Waals surface area contributed by atoms with E-state index in [1.807, 2.05) is 43.3 Å². The third-order valence-corrected chi connectivity index (χ3v) is 4.03. The fraction of sp³-hybridized carbons (Fsp3) is 0.133. The first-order chi connectivity index (χ1) is 9.15. The van der Waals surface area contributed by atoms with Gasteiger partial charge in [-0.05, 0) is 40.8 Å². The summed E-state index contributed by atoms with van der Waals surface area (Å²) in [6, 6.07) is 11.3. The van der Waals surface area contributed by atoms with Gasteiger partial charge in [-0.2, -0.15) is 5.26 Å². The summed E-state index contributed by atoms with van der Waals surface area (Å²) in [5.41, 5.74) is 4.43. The fourth-order valence-electron chi connectivity index (χ4n) is 2.76. The van der Waals surface area contributed by atoms with Crippen molar-refractivity contribution >= 4 is 17.6 Å². The molecule has 3 nitrogen and oxygen atoms in total. The highest BCUT2D eigenvalue weighted by Crippen LogP contribution is 2.47. The van der Waals surface area contributed by atoms with Gasteiger partial charge in [-0.1, -0.05) is 41.9 Å². The van der Waals surface area contributed by atoms with E-state index < -0.39 is 11.9 Å². The highest BCUT2D eigenvalue weighted by atomic mass is 35.5. The lowest BCUT2D eigenvalue weighted by Crippen LogP contribution is -2.14. The molecular formula is C15H11ClO3. The van der Waals surface area contributed by atoms with Crippen molar-refractivity contribution in [3.63, 3.8) is 0 Å². The molecule has 2 aromatic rings. The summed E-state index contributed by atoms with van der Waals surface area (Å²) in [4.78, 5) is 15.8. The third-order valence-electron chi connectivity index (χ3n) is 3.63. The molecule has 1 N–H and O–H groups in total. The zero-order valence-electron chi connectivity index (χ0n) is 10.2. The van der Waals surface area contributed by atoms with E-state index in [-0.39, 0.29) is 0 Å². The Bertz CT molecular complexity index is 679. The summed E-state index contributed by atoms with van der Waals surface area (Å²) in [7, 11) is 0. The summed E-state index contributed by atoms with van der Waals surface area (Å²) < 4.78 is 0. The minimum Gasteiger partial charge on any atom is -0.300 e. The zero-order chi connectivity index (χ0) is 13.6. The van der Waals surface area contributed by atoms with Gasteiger partial charge in [0.1, 0.15) is 5.92 Å². The van der Waals surface area contributed by atoms with Gasteiger partial charge in [0.25, 0.3) is 0 Å². The molecule has 1 atom stereocenters. The summed E-state index contributed by atoms with van der Waals surface area (Å²) in [6.45, 7) is 1.87. The molecule has 0 aliphatic heterocycles. The smallest absolute Gasteiger partial charge is 0.300 e. The highest BCUT2D eigenvalue weighted by Gasteiger charge is 2.36. The van der Waals surface area contributed by atoms with Crippen molar-refractivity contribution in [3.05, 3.63) is 58.1 Å². The molecule has 3 rings (SSSR count). The third kappa shape index (κ3) is 1.66. The van der Waals surface area contributed by atoms with E-state index in [0.717, 1.165) is 27.8 Å².